The van der Waals surface area contributed by atoms with E-state index in [4.69, 9.17) is 46.4 Å². The summed E-state index contributed by atoms with van der Waals surface area (Å²) in [4.78, 5) is 9.71. The van der Waals surface area contributed by atoms with Crippen LogP contribution in [-0.4, -0.2) is 4.92 Å². The largest absolute Gasteiger partial charge is 0.269 e. The number of benzene rings is 4. The summed E-state index contributed by atoms with van der Waals surface area (Å²) in [6, 6.07) is 27.8. The Bertz CT molecular complexity index is 1110. The number of nitro groups is 1. The lowest BCUT2D eigenvalue weighted by atomic mass is 10.2. The molecule has 4 aromatic carbocycles. The molecule has 184 valence electrons. The van der Waals surface area contributed by atoms with Gasteiger partial charge in [-0.2, -0.15) is 0 Å². The van der Waals surface area contributed by atoms with Crippen LogP contribution in [0.1, 0.15) is 22.3 Å². The van der Waals surface area contributed by atoms with E-state index < -0.39 is 4.92 Å². The predicted molar refractivity (Wildman–Crippen MR) is 151 cm³/mol. The number of aryl methyl sites for hydroxylation is 4. The van der Waals surface area contributed by atoms with Crippen LogP contribution in [0.5, 0.6) is 0 Å². The molecule has 0 aliphatic rings. The van der Waals surface area contributed by atoms with E-state index in [0.717, 1.165) is 16.1 Å². The van der Waals surface area contributed by atoms with E-state index in [0.29, 0.717) is 15.1 Å². The number of non-ortho nitro benzene ring substituents is 1. The third-order valence-electron chi connectivity index (χ3n) is 4.40. The first-order chi connectivity index (χ1) is 16.5. The van der Waals surface area contributed by atoms with Crippen LogP contribution in [-0.2, 0) is 0 Å². The first-order valence-corrected chi connectivity index (χ1v) is 12.1. The summed E-state index contributed by atoms with van der Waals surface area (Å²) in [6.45, 7) is 7.89. The molecule has 4 rings (SSSR count). The van der Waals surface area contributed by atoms with Crippen LogP contribution < -0.4 is 0 Å². The van der Waals surface area contributed by atoms with Crippen LogP contribution in [0.15, 0.2) is 91.0 Å². The molecule has 35 heavy (non-hydrogen) atoms. The summed E-state index contributed by atoms with van der Waals surface area (Å²) in [5, 5.41) is 12.6. The zero-order valence-corrected chi connectivity index (χ0v) is 23.0. The Balaban J connectivity index is 0.000000236. The topological polar surface area (TPSA) is 43.1 Å². The van der Waals surface area contributed by atoms with Gasteiger partial charge in [0.15, 0.2) is 0 Å². The van der Waals surface area contributed by atoms with Crippen LogP contribution in [0.25, 0.3) is 0 Å². The van der Waals surface area contributed by atoms with E-state index in [-0.39, 0.29) is 5.69 Å². The first-order valence-electron chi connectivity index (χ1n) is 10.6. The number of hydrogen-bond donors (Lipinski definition) is 0. The Kier molecular flexibility index (Phi) is 14.1. The Morgan fingerprint density at radius 1 is 0.571 bits per heavy atom. The van der Waals surface area contributed by atoms with Crippen molar-refractivity contribution < 1.29 is 4.92 Å². The minimum atomic E-state index is -0.403. The second-order valence-electron chi connectivity index (χ2n) is 7.56. The fourth-order valence-electron chi connectivity index (χ4n) is 2.36. The summed E-state index contributed by atoms with van der Waals surface area (Å²) in [5.41, 5.74) is 4.68. The first kappa shape index (κ1) is 30.5. The molecule has 0 saturated carbocycles. The average molecular weight is 551 g/mol. The summed E-state index contributed by atoms with van der Waals surface area (Å²) in [7, 11) is 0. The molecule has 0 aliphatic carbocycles. The van der Waals surface area contributed by atoms with Gasteiger partial charge in [0, 0.05) is 22.2 Å². The van der Waals surface area contributed by atoms with Gasteiger partial charge in [0.25, 0.3) is 5.69 Å². The van der Waals surface area contributed by atoms with Crippen LogP contribution in [0.4, 0.5) is 5.69 Å². The lowest BCUT2D eigenvalue weighted by molar-refractivity contribution is -0.384. The van der Waals surface area contributed by atoms with Crippen molar-refractivity contribution >= 4 is 52.1 Å². The lowest BCUT2D eigenvalue weighted by Gasteiger charge is -1.99. The van der Waals surface area contributed by atoms with E-state index in [1.807, 2.05) is 63.2 Å². The second-order valence-corrected chi connectivity index (χ2v) is 9.22. The van der Waals surface area contributed by atoms with E-state index in [2.05, 4.69) is 19.1 Å². The Morgan fingerprint density at radius 2 is 1.00 bits per heavy atom. The van der Waals surface area contributed by atoms with Crippen molar-refractivity contribution in [3.63, 3.8) is 0 Å². The summed E-state index contributed by atoms with van der Waals surface area (Å²) in [6.07, 6.45) is 0. The molecule has 0 radical (unpaired) electrons. The SMILES string of the molecule is Cc1cc(Cl)c(Cl)cc1Cl.Cc1ccc(Cl)cc1.Cc1ccc([N+](=O)[O-])cc1.Cc1ccccc1. The highest BCUT2D eigenvalue weighted by Crippen LogP contribution is 2.27. The highest BCUT2D eigenvalue weighted by Gasteiger charge is 2.01. The molecule has 0 aliphatic heterocycles. The van der Waals surface area contributed by atoms with Gasteiger partial charge in [0.2, 0.25) is 0 Å². The fraction of sp³-hybridized carbons (Fsp3) is 0.143. The van der Waals surface area contributed by atoms with Crippen molar-refractivity contribution in [1.29, 1.82) is 0 Å². The third kappa shape index (κ3) is 13.2. The average Bonchev–Trinajstić information content (AvgIpc) is 2.82. The molecule has 7 heteroatoms. The summed E-state index contributed by atoms with van der Waals surface area (Å²) < 4.78 is 0. The Labute approximate surface area is 227 Å². The molecule has 3 nitrogen and oxygen atoms in total. The van der Waals surface area contributed by atoms with Crippen LogP contribution in [0, 0.1) is 37.8 Å². The van der Waals surface area contributed by atoms with Crippen LogP contribution in [0.3, 0.4) is 0 Å². The van der Waals surface area contributed by atoms with Crippen molar-refractivity contribution in [1.82, 2.24) is 0 Å². The van der Waals surface area contributed by atoms with Crippen LogP contribution >= 0.6 is 46.4 Å². The zero-order valence-electron chi connectivity index (χ0n) is 19.9. The quantitative estimate of drug-likeness (QED) is 0.134. The summed E-state index contributed by atoms with van der Waals surface area (Å²) >= 11 is 22.7. The number of halogens is 4. The van der Waals surface area contributed by atoms with E-state index >= 15 is 0 Å². The van der Waals surface area contributed by atoms with Gasteiger partial charge in [0.05, 0.1) is 15.0 Å². The molecule has 0 amide bonds. The minimum Gasteiger partial charge on any atom is -0.258 e. The molecule has 0 fully saturated rings. The smallest absolute Gasteiger partial charge is 0.258 e. The van der Waals surface area contributed by atoms with Crippen molar-refractivity contribution in [2.45, 2.75) is 27.7 Å². The number of rotatable bonds is 1. The maximum Gasteiger partial charge on any atom is 0.269 e. The Hall–Kier alpha value is -2.56. The van der Waals surface area contributed by atoms with Gasteiger partial charge >= 0.3 is 0 Å². The molecule has 0 bridgehead atoms. The minimum absolute atomic E-state index is 0.144. The number of nitro benzene ring substituents is 1. The molecule has 0 aromatic heterocycles. The molecule has 0 heterocycles. The molecule has 0 N–H and O–H groups in total. The zero-order chi connectivity index (χ0) is 26.4. The van der Waals surface area contributed by atoms with Crippen molar-refractivity contribution in [2.75, 3.05) is 0 Å². The maximum absolute atomic E-state index is 10.1. The molecule has 0 saturated heterocycles. The number of hydrogen-bond acceptors (Lipinski definition) is 2. The monoisotopic (exact) mass is 549 g/mol. The second kappa shape index (κ2) is 16.2. The molecule has 0 spiro atoms. The van der Waals surface area contributed by atoms with Crippen molar-refractivity contribution in [2.24, 2.45) is 0 Å². The van der Waals surface area contributed by atoms with Gasteiger partial charge in [-0.15, -0.1) is 0 Å². The fourth-order valence-corrected chi connectivity index (χ4v) is 3.08. The van der Waals surface area contributed by atoms with E-state index in [1.54, 1.807) is 24.3 Å². The lowest BCUT2D eigenvalue weighted by Crippen LogP contribution is -1.86. The normalized spacial score (nSPS) is 9.37. The van der Waals surface area contributed by atoms with Gasteiger partial charge < -0.3 is 0 Å². The van der Waals surface area contributed by atoms with E-state index in [9.17, 15) is 10.1 Å². The highest BCUT2D eigenvalue weighted by molar-refractivity contribution is 6.43. The van der Waals surface area contributed by atoms with Gasteiger partial charge in [-0.25, -0.2) is 0 Å². The molecular weight excluding hydrogens is 524 g/mol. The van der Waals surface area contributed by atoms with Crippen molar-refractivity contribution in [3.8, 4) is 0 Å². The van der Waals surface area contributed by atoms with E-state index in [1.165, 1.54) is 23.3 Å². The number of nitrogens with zero attached hydrogens (tertiary/aromatic N) is 1. The standard InChI is InChI=1S/C7H5Cl3.C7H7Cl.C7H7NO2.C7H8/c1-4-2-6(9)7(10)3-5(4)8;1-6-2-4-7(8)5-3-6;1-6-2-4-7(5-3-6)8(9)10;1-7-5-3-2-4-6-7/h2-3H,1H3;2-5H,1H3;2-5H,1H3;2-6H,1H3. The predicted octanol–water partition coefficient (Wildman–Crippen LogP) is 10.5. The molecule has 0 atom stereocenters. The van der Waals surface area contributed by atoms with Gasteiger partial charge in [-0.3, -0.25) is 10.1 Å². The highest BCUT2D eigenvalue weighted by atomic mass is 35.5. The maximum atomic E-state index is 10.1. The van der Waals surface area contributed by atoms with Crippen molar-refractivity contribution in [3.05, 3.63) is 143 Å². The van der Waals surface area contributed by atoms with Gasteiger partial charge in [-0.05, 0) is 57.5 Å². The van der Waals surface area contributed by atoms with Gasteiger partial charge in [-0.1, -0.05) is 118 Å². The Morgan fingerprint density at radius 3 is 1.37 bits per heavy atom. The van der Waals surface area contributed by atoms with Crippen LogP contribution in [0.2, 0.25) is 20.1 Å². The summed E-state index contributed by atoms with van der Waals surface area (Å²) in [5.74, 6) is 0. The molecular formula is C28H27Cl4NO2. The molecule has 0 unspecified atom stereocenters. The molecule has 4 aromatic rings. The van der Waals surface area contributed by atoms with Gasteiger partial charge in [0.1, 0.15) is 0 Å². The third-order valence-corrected chi connectivity index (χ3v) is 5.78.